The number of hydrogen-bond acceptors (Lipinski definition) is 4. The first-order valence-corrected chi connectivity index (χ1v) is 9.67. The van der Waals surface area contributed by atoms with Gasteiger partial charge in [-0.3, -0.25) is 19.3 Å². The molecule has 0 fully saturated rings. The number of anilines is 2. The summed E-state index contributed by atoms with van der Waals surface area (Å²) < 4.78 is 44.7. The summed E-state index contributed by atoms with van der Waals surface area (Å²) in [6.45, 7) is -0.304. The summed E-state index contributed by atoms with van der Waals surface area (Å²) >= 11 is 0. The number of ether oxygens (including phenoxy) is 1. The minimum Gasteiger partial charge on any atom is -0.468 e. The van der Waals surface area contributed by atoms with Crippen molar-refractivity contribution in [1.82, 2.24) is 4.57 Å². The average molecular weight is 459 g/mol. The quantitative estimate of drug-likeness (QED) is 0.426. The monoisotopic (exact) mass is 459 g/mol. The molecule has 0 atom stereocenters. The molecule has 2 amide bonds. The van der Waals surface area contributed by atoms with Gasteiger partial charge in [0.05, 0.1) is 18.4 Å². The average Bonchev–Trinajstić information content (AvgIpc) is 3.16. The molecule has 0 bridgehead atoms. The molecule has 7 nitrogen and oxygen atoms in total. The molecule has 0 spiro atoms. The standard InChI is InChI=1S/C23H20F3N3O4/c1-28-12-17(11-20(28)29(14-30)13-21(31)33-2)27-22(32)19-6-4-3-5-18(19)15-7-9-16(10-8-15)23(24,25)26/h3-12,14H,13H2,1-2H3,(H,27,32). The Hall–Kier alpha value is -4.08. The van der Waals surface area contributed by atoms with Gasteiger partial charge in [-0.15, -0.1) is 0 Å². The minimum atomic E-state index is -4.45. The number of carbonyl (C=O) groups is 3. The van der Waals surface area contributed by atoms with Crippen molar-refractivity contribution in [2.24, 2.45) is 7.05 Å². The normalized spacial score (nSPS) is 11.1. The largest absolute Gasteiger partial charge is 0.468 e. The van der Waals surface area contributed by atoms with E-state index in [4.69, 9.17) is 0 Å². The van der Waals surface area contributed by atoms with Gasteiger partial charge in [-0.1, -0.05) is 30.3 Å². The number of rotatable bonds is 7. The number of benzene rings is 2. The zero-order valence-electron chi connectivity index (χ0n) is 17.7. The zero-order chi connectivity index (χ0) is 24.2. The maximum Gasteiger partial charge on any atom is 0.416 e. The summed E-state index contributed by atoms with van der Waals surface area (Å²) in [6.07, 6.45) is -2.43. The number of nitrogens with zero attached hydrogens (tertiary/aromatic N) is 2. The van der Waals surface area contributed by atoms with E-state index in [1.807, 2.05) is 0 Å². The van der Waals surface area contributed by atoms with Crippen LogP contribution in [0.25, 0.3) is 11.1 Å². The number of aromatic nitrogens is 1. The number of esters is 1. The third kappa shape index (κ3) is 5.40. The third-order valence-electron chi connectivity index (χ3n) is 4.88. The highest BCUT2D eigenvalue weighted by molar-refractivity contribution is 6.09. The lowest BCUT2D eigenvalue weighted by Crippen LogP contribution is -2.30. The number of hydrogen-bond donors (Lipinski definition) is 1. The highest BCUT2D eigenvalue weighted by Crippen LogP contribution is 2.32. The molecule has 3 rings (SSSR count). The molecule has 0 saturated heterocycles. The summed E-state index contributed by atoms with van der Waals surface area (Å²) in [7, 11) is 2.84. The molecule has 0 aliphatic rings. The lowest BCUT2D eigenvalue weighted by Gasteiger charge is -2.15. The van der Waals surface area contributed by atoms with E-state index in [1.165, 1.54) is 25.3 Å². The second-order valence-electron chi connectivity index (χ2n) is 7.08. The van der Waals surface area contributed by atoms with Crippen molar-refractivity contribution in [3.63, 3.8) is 0 Å². The SMILES string of the molecule is COC(=O)CN(C=O)c1cc(NC(=O)c2ccccc2-c2ccc(C(F)(F)F)cc2)cn1C. The van der Waals surface area contributed by atoms with Crippen LogP contribution in [0.4, 0.5) is 24.7 Å². The summed E-state index contributed by atoms with van der Waals surface area (Å²) in [4.78, 5) is 37.0. The molecule has 33 heavy (non-hydrogen) atoms. The number of amides is 2. The summed E-state index contributed by atoms with van der Waals surface area (Å²) in [5.41, 5.74) is 0.741. The van der Waals surface area contributed by atoms with Crippen molar-refractivity contribution in [1.29, 1.82) is 0 Å². The number of alkyl halides is 3. The first kappa shape index (κ1) is 23.6. The molecule has 10 heteroatoms. The van der Waals surface area contributed by atoms with Gasteiger partial charge in [0.1, 0.15) is 12.4 Å². The van der Waals surface area contributed by atoms with Crippen LogP contribution in [0.1, 0.15) is 15.9 Å². The molecular formula is C23H20F3N3O4. The van der Waals surface area contributed by atoms with Gasteiger partial charge in [0.2, 0.25) is 6.41 Å². The van der Waals surface area contributed by atoms with Gasteiger partial charge in [-0.2, -0.15) is 13.2 Å². The molecule has 172 valence electrons. The maximum absolute atomic E-state index is 13.0. The highest BCUT2D eigenvalue weighted by Gasteiger charge is 2.30. The van der Waals surface area contributed by atoms with E-state index in [-0.39, 0.29) is 12.1 Å². The van der Waals surface area contributed by atoms with Crippen molar-refractivity contribution in [3.8, 4) is 11.1 Å². The minimum absolute atomic E-state index is 0.254. The topological polar surface area (TPSA) is 80.6 Å². The summed E-state index contributed by atoms with van der Waals surface area (Å²) in [5.74, 6) is -0.755. The van der Waals surface area contributed by atoms with Crippen molar-refractivity contribution in [2.45, 2.75) is 6.18 Å². The number of aryl methyl sites for hydroxylation is 1. The first-order chi connectivity index (χ1) is 15.6. The molecule has 0 aliphatic heterocycles. The lowest BCUT2D eigenvalue weighted by atomic mass is 9.98. The van der Waals surface area contributed by atoms with E-state index >= 15 is 0 Å². The van der Waals surface area contributed by atoms with E-state index in [0.717, 1.165) is 17.0 Å². The van der Waals surface area contributed by atoms with Crippen LogP contribution in [0.15, 0.2) is 60.8 Å². The van der Waals surface area contributed by atoms with Gasteiger partial charge in [-0.05, 0) is 29.3 Å². The van der Waals surface area contributed by atoms with Crippen molar-refractivity contribution in [3.05, 3.63) is 71.9 Å². The molecule has 1 heterocycles. The second kappa shape index (κ2) is 9.60. The number of nitrogens with one attached hydrogen (secondary N) is 1. The van der Waals surface area contributed by atoms with Crippen LogP contribution >= 0.6 is 0 Å². The zero-order valence-corrected chi connectivity index (χ0v) is 17.7. The van der Waals surface area contributed by atoms with Crippen LogP contribution in [0.5, 0.6) is 0 Å². The molecule has 3 aromatic rings. The molecule has 0 radical (unpaired) electrons. The van der Waals surface area contributed by atoms with Gasteiger partial charge in [-0.25, -0.2) is 0 Å². The molecule has 0 unspecified atom stereocenters. The Labute approximate surface area is 187 Å². The van der Waals surface area contributed by atoms with E-state index in [9.17, 15) is 27.6 Å². The van der Waals surface area contributed by atoms with Crippen LogP contribution < -0.4 is 10.2 Å². The van der Waals surface area contributed by atoms with E-state index < -0.39 is 23.6 Å². The maximum atomic E-state index is 13.0. The van der Waals surface area contributed by atoms with E-state index in [0.29, 0.717) is 29.0 Å². The van der Waals surface area contributed by atoms with Crippen LogP contribution in [0.2, 0.25) is 0 Å². The molecule has 1 aromatic heterocycles. The fourth-order valence-corrected chi connectivity index (χ4v) is 3.25. The van der Waals surface area contributed by atoms with Crippen LogP contribution in [-0.2, 0) is 27.5 Å². The van der Waals surface area contributed by atoms with Gasteiger partial charge in [0.25, 0.3) is 5.91 Å². The van der Waals surface area contributed by atoms with E-state index in [2.05, 4.69) is 10.1 Å². The van der Waals surface area contributed by atoms with Gasteiger partial charge >= 0.3 is 12.1 Å². The van der Waals surface area contributed by atoms with Crippen LogP contribution in [0.3, 0.4) is 0 Å². The Bertz CT molecular complexity index is 1170. The Morgan fingerprint density at radius 1 is 1.12 bits per heavy atom. The van der Waals surface area contributed by atoms with Crippen molar-refractivity contribution in [2.75, 3.05) is 23.9 Å². The second-order valence-corrected chi connectivity index (χ2v) is 7.08. The third-order valence-corrected chi connectivity index (χ3v) is 4.88. The smallest absolute Gasteiger partial charge is 0.416 e. The molecule has 1 N–H and O–H groups in total. The van der Waals surface area contributed by atoms with Gasteiger partial charge < -0.3 is 14.6 Å². The summed E-state index contributed by atoms with van der Waals surface area (Å²) in [5, 5.41) is 2.71. The molecule has 0 aliphatic carbocycles. The fourth-order valence-electron chi connectivity index (χ4n) is 3.25. The lowest BCUT2D eigenvalue weighted by molar-refractivity contribution is -0.139. The van der Waals surface area contributed by atoms with Gasteiger partial charge in [0, 0.05) is 24.9 Å². The first-order valence-electron chi connectivity index (χ1n) is 9.67. The van der Waals surface area contributed by atoms with E-state index in [1.54, 1.807) is 42.1 Å². The predicted molar refractivity (Wildman–Crippen MR) is 116 cm³/mol. The van der Waals surface area contributed by atoms with Gasteiger partial charge in [0.15, 0.2) is 0 Å². The molecule has 0 saturated carbocycles. The Kier molecular flexibility index (Phi) is 6.86. The predicted octanol–water partition coefficient (Wildman–Crippen LogP) is 4.10. The molecular weight excluding hydrogens is 439 g/mol. The fraction of sp³-hybridized carbons (Fsp3) is 0.174. The Morgan fingerprint density at radius 3 is 2.39 bits per heavy atom. The summed E-state index contributed by atoms with van der Waals surface area (Å²) in [6, 6.07) is 12.6. The highest BCUT2D eigenvalue weighted by atomic mass is 19.4. The number of halogens is 3. The van der Waals surface area contributed by atoms with Crippen LogP contribution in [-0.4, -0.2) is 36.5 Å². The Morgan fingerprint density at radius 2 is 1.79 bits per heavy atom. The molecule has 2 aromatic carbocycles. The van der Waals surface area contributed by atoms with Crippen molar-refractivity contribution < 1.29 is 32.3 Å². The van der Waals surface area contributed by atoms with Crippen LogP contribution in [0, 0.1) is 0 Å². The number of methoxy groups -OCH3 is 1. The number of carbonyl (C=O) groups excluding carboxylic acids is 3. The van der Waals surface area contributed by atoms with Crippen molar-refractivity contribution >= 4 is 29.8 Å². The Balaban J connectivity index is 1.85.